The highest BCUT2D eigenvalue weighted by molar-refractivity contribution is 5.38. The molecule has 0 bridgehead atoms. The van der Waals surface area contributed by atoms with Crippen molar-refractivity contribution in [3.8, 4) is 12.1 Å². The lowest BCUT2D eigenvalue weighted by atomic mass is 10.0. The zero-order chi connectivity index (χ0) is 8.97. The van der Waals surface area contributed by atoms with Gasteiger partial charge >= 0.3 is 0 Å². The van der Waals surface area contributed by atoms with Crippen molar-refractivity contribution in [1.82, 2.24) is 0 Å². The van der Waals surface area contributed by atoms with Crippen LogP contribution in [0, 0.1) is 29.6 Å². The van der Waals surface area contributed by atoms with E-state index < -0.39 is 0 Å². The lowest BCUT2D eigenvalue weighted by Crippen LogP contribution is -1.87. The first kappa shape index (κ1) is 8.30. The highest BCUT2D eigenvalue weighted by Crippen LogP contribution is 2.10. The third kappa shape index (κ3) is 1.62. The van der Waals surface area contributed by atoms with Crippen LogP contribution in [0.25, 0.3) is 0 Å². The van der Waals surface area contributed by atoms with Gasteiger partial charge in [-0.25, -0.2) is 0 Å². The van der Waals surface area contributed by atoms with Gasteiger partial charge in [-0.1, -0.05) is 6.07 Å². The number of nitriles is 2. The molecule has 0 aliphatic rings. The fourth-order valence-electron chi connectivity index (χ4n) is 1.05. The van der Waals surface area contributed by atoms with Crippen LogP contribution in [0.4, 0.5) is 0 Å². The molecule has 0 saturated carbocycles. The lowest BCUT2D eigenvalue weighted by Gasteiger charge is -1.99. The van der Waals surface area contributed by atoms with Crippen LogP contribution >= 0.6 is 0 Å². The Morgan fingerprint density at radius 2 is 2.08 bits per heavy atom. The van der Waals surface area contributed by atoms with Crippen molar-refractivity contribution in [3.05, 3.63) is 34.9 Å². The second-order valence-electron chi connectivity index (χ2n) is 2.59. The van der Waals surface area contributed by atoms with Crippen molar-refractivity contribution in [1.29, 1.82) is 10.5 Å². The predicted octanol–water partition coefficient (Wildman–Crippen LogP) is 1.93. The van der Waals surface area contributed by atoms with Crippen LogP contribution < -0.4 is 0 Å². The van der Waals surface area contributed by atoms with Crippen LogP contribution in [-0.4, -0.2) is 0 Å². The molecule has 0 spiro atoms. The van der Waals surface area contributed by atoms with E-state index in [2.05, 4.69) is 12.1 Å². The third-order valence-electron chi connectivity index (χ3n) is 1.74. The predicted molar refractivity (Wildman–Crippen MR) is 45.2 cm³/mol. The molecule has 2 heteroatoms. The van der Waals surface area contributed by atoms with Crippen LogP contribution in [0.2, 0.25) is 0 Å². The molecular weight excluding hydrogens is 148 g/mol. The Morgan fingerprint density at radius 1 is 1.33 bits per heavy atom. The summed E-state index contributed by atoms with van der Waals surface area (Å²) in [6.45, 7) is 1.91. The molecule has 0 amide bonds. The van der Waals surface area contributed by atoms with Crippen molar-refractivity contribution in [2.24, 2.45) is 0 Å². The standard InChI is InChI=1S/C10H8N2/c1-8-6-9(7-12)2-3-10(8)4-5-11/h2-3,6H,4H2,1H3. The minimum atomic E-state index is 0.414. The highest BCUT2D eigenvalue weighted by atomic mass is 14.2. The molecule has 0 N–H and O–H groups in total. The van der Waals surface area contributed by atoms with Crippen molar-refractivity contribution in [2.75, 3.05) is 0 Å². The fraction of sp³-hybridized carbons (Fsp3) is 0.200. The molecule has 0 aliphatic carbocycles. The summed E-state index contributed by atoms with van der Waals surface area (Å²) in [6, 6.07) is 9.50. The topological polar surface area (TPSA) is 47.6 Å². The Bertz CT molecular complexity index is 366. The molecule has 0 aliphatic heterocycles. The summed E-state index contributed by atoms with van der Waals surface area (Å²) >= 11 is 0. The number of nitrogens with zero attached hydrogens (tertiary/aromatic N) is 2. The zero-order valence-corrected chi connectivity index (χ0v) is 6.83. The molecule has 0 radical (unpaired) electrons. The van der Waals surface area contributed by atoms with E-state index in [1.54, 1.807) is 12.1 Å². The summed E-state index contributed by atoms with van der Waals surface area (Å²) in [5, 5.41) is 17.0. The van der Waals surface area contributed by atoms with Crippen LogP contribution in [0.3, 0.4) is 0 Å². The van der Waals surface area contributed by atoms with Crippen molar-refractivity contribution < 1.29 is 0 Å². The molecule has 0 atom stereocenters. The average Bonchev–Trinajstić information content (AvgIpc) is 2.09. The summed E-state index contributed by atoms with van der Waals surface area (Å²) in [5.41, 5.74) is 2.65. The Labute approximate surface area is 71.7 Å². The van der Waals surface area contributed by atoms with Gasteiger partial charge in [-0.05, 0) is 30.2 Å². The third-order valence-corrected chi connectivity index (χ3v) is 1.74. The summed E-state index contributed by atoms with van der Waals surface area (Å²) in [7, 11) is 0. The molecular formula is C10H8N2. The molecule has 0 unspecified atom stereocenters. The van der Waals surface area contributed by atoms with Gasteiger partial charge in [0.25, 0.3) is 0 Å². The summed E-state index contributed by atoms with van der Waals surface area (Å²) in [4.78, 5) is 0. The largest absolute Gasteiger partial charge is 0.198 e. The number of benzene rings is 1. The van der Waals surface area contributed by atoms with E-state index in [1.807, 2.05) is 13.0 Å². The molecule has 0 heterocycles. The molecule has 0 fully saturated rings. The molecule has 58 valence electrons. The minimum Gasteiger partial charge on any atom is -0.198 e. The van der Waals surface area contributed by atoms with Gasteiger partial charge in [0, 0.05) is 0 Å². The van der Waals surface area contributed by atoms with Crippen molar-refractivity contribution >= 4 is 0 Å². The Hall–Kier alpha value is -1.80. The Morgan fingerprint density at radius 3 is 2.58 bits per heavy atom. The molecule has 2 nitrogen and oxygen atoms in total. The quantitative estimate of drug-likeness (QED) is 0.623. The SMILES string of the molecule is Cc1cc(C#N)ccc1CC#N. The molecule has 1 aromatic carbocycles. The van der Waals surface area contributed by atoms with Gasteiger partial charge in [-0.3, -0.25) is 0 Å². The van der Waals surface area contributed by atoms with E-state index in [9.17, 15) is 0 Å². The van der Waals surface area contributed by atoms with Gasteiger partial charge < -0.3 is 0 Å². The Kier molecular flexibility index (Phi) is 2.46. The molecule has 1 aromatic rings. The van der Waals surface area contributed by atoms with Crippen LogP contribution in [0.15, 0.2) is 18.2 Å². The Balaban J connectivity index is 3.07. The minimum absolute atomic E-state index is 0.414. The van der Waals surface area contributed by atoms with E-state index in [4.69, 9.17) is 10.5 Å². The maximum Gasteiger partial charge on any atom is 0.0991 e. The lowest BCUT2D eigenvalue weighted by molar-refractivity contribution is 1.21. The van der Waals surface area contributed by atoms with Gasteiger partial charge in [0.15, 0.2) is 0 Å². The number of aryl methyl sites for hydroxylation is 1. The van der Waals surface area contributed by atoms with Gasteiger partial charge in [0.05, 0.1) is 24.1 Å². The average molecular weight is 156 g/mol. The van der Waals surface area contributed by atoms with E-state index in [0.29, 0.717) is 12.0 Å². The molecule has 0 saturated heterocycles. The number of hydrogen-bond acceptors (Lipinski definition) is 2. The van der Waals surface area contributed by atoms with Crippen molar-refractivity contribution in [2.45, 2.75) is 13.3 Å². The van der Waals surface area contributed by atoms with E-state index >= 15 is 0 Å². The van der Waals surface area contributed by atoms with Gasteiger partial charge in [0.2, 0.25) is 0 Å². The van der Waals surface area contributed by atoms with Gasteiger partial charge in [-0.2, -0.15) is 10.5 Å². The zero-order valence-electron chi connectivity index (χ0n) is 6.83. The molecule has 1 rings (SSSR count). The summed E-state index contributed by atoms with van der Waals surface area (Å²) in [6.07, 6.45) is 0.414. The first-order chi connectivity index (χ1) is 5.77. The van der Waals surface area contributed by atoms with Crippen molar-refractivity contribution in [3.63, 3.8) is 0 Å². The monoisotopic (exact) mass is 156 g/mol. The second kappa shape index (κ2) is 3.55. The first-order valence-electron chi connectivity index (χ1n) is 3.64. The van der Waals surface area contributed by atoms with E-state index in [1.165, 1.54) is 0 Å². The van der Waals surface area contributed by atoms with E-state index in [-0.39, 0.29) is 0 Å². The fourth-order valence-corrected chi connectivity index (χ4v) is 1.05. The summed E-state index contributed by atoms with van der Waals surface area (Å²) < 4.78 is 0. The maximum absolute atomic E-state index is 8.57. The second-order valence-corrected chi connectivity index (χ2v) is 2.59. The van der Waals surface area contributed by atoms with Gasteiger partial charge in [-0.15, -0.1) is 0 Å². The normalized spacial score (nSPS) is 8.58. The first-order valence-corrected chi connectivity index (χ1v) is 3.64. The molecule has 0 aromatic heterocycles. The molecule has 12 heavy (non-hydrogen) atoms. The van der Waals surface area contributed by atoms with E-state index in [0.717, 1.165) is 11.1 Å². The number of hydrogen-bond donors (Lipinski definition) is 0. The highest BCUT2D eigenvalue weighted by Gasteiger charge is 1.98. The summed E-state index contributed by atoms with van der Waals surface area (Å²) in [5.74, 6) is 0. The van der Waals surface area contributed by atoms with Crippen LogP contribution in [0.5, 0.6) is 0 Å². The van der Waals surface area contributed by atoms with Crippen LogP contribution in [-0.2, 0) is 6.42 Å². The van der Waals surface area contributed by atoms with Gasteiger partial charge in [0.1, 0.15) is 0 Å². The smallest absolute Gasteiger partial charge is 0.0991 e. The maximum atomic E-state index is 8.57. The number of rotatable bonds is 1. The van der Waals surface area contributed by atoms with Crippen LogP contribution in [0.1, 0.15) is 16.7 Å².